The zero-order valence-electron chi connectivity index (χ0n) is 14.9. The van der Waals surface area contributed by atoms with Crippen LogP contribution >= 0.6 is 15.9 Å². The van der Waals surface area contributed by atoms with Gasteiger partial charge in [0.2, 0.25) is 0 Å². The van der Waals surface area contributed by atoms with Crippen LogP contribution in [0.15, 0.2) is 40.9 Å². The molecule has 1 aromatic rings. The summed E-state index contributed by atoms with van der Waals surface area (Å²) in [6.07, 6.45) is 2.82. The van der Waals surface area contributed by atoms with E-state index in [-0.39, 0.29) is 26.1 Å². The predicted octanol–water partition coefficient (Wildman–Crippen LogP) is 2.89. The molecule has 7 nitrogen and oxygen atoms in total. The lowest BCUT2D eigenvalue weighted by molar-refractivity contribution is -0.159. The Balaban J connectivity index is 2.16. The van der Waals surface area contributed by atoms with Crippen molar-refractivity contribution < 1.29 is 33.4 Å². The highest BCUT2D eigenvalue weighted by molar-refractivity contribution is 9.10. The van der Waals surface area contributed by atoms with Gasteiger partial charge < -0.3 is 14.2 Å². The Morgan fingerprint density at radius 3 is 2.30 bits per heavy atom. The molecule has 0 aliphatic carbocycles. The largest absolute Gasteiger partial charge is 0.463 e. The molecule has 1 rings (SSSR count). The number of carbonyl (C=O) groups is 4. The Bertz CT molecular complexity index is 697. The van der Waals surface area contributed by atoms with Gasteiger partial charge in [0.1, 0.15) is 0 Å². The molecule has 0 amide bonds. The highest BCUT2D eigenvalue weighted by Crippen LogP contribution is 2.16. The third-order valence-electron chi connectivity index (χ3n) is 3.18. The van der Waals surface area contributed by atoms with Crippen molar-refractivity contribution >= 4 is 39.8 Å². The van der Waals surface area contributed by atoms with Gasteiger partial charge in [-0.2, -0.15) is 0 Å². The molecule has 0 saturated carbocycles. The Morgan fingerprint density at radius 1 is 0.963 bits per heavy atom. The van der Waals surface area contributed by atoms with Crippen LogP contribution in [0.5, 0.6) is 0 Å². The van der Waals surface area contributed by atoms with Crippen LogP contribution in [0.4, 0.5) is 0 Å². The van der Waals surface area contributed by atoms with Crippen molar-refractivity contribution in [3.8, 4) is 0 Å². The van der Waals surface area contributed by atoms with Gasteiger partial charge in [-0.25, -0.2) is 9.59 Å². The average Bonchev–Trinajstić information content (AvgIpc) is 2.62. The summed E-state index contributed by atoms with van der Waals surface area (Å²) >= 11 is 3.32. The molecule has 0 saturated heterocycles. The molecule has 8 heteroatoms. The highest BCUT2D eigenvalue weighted by atomic mass is 79.9. The van der Waals surface area contributed by atoms with Gasteiger partial charge >= 0.3 is 23.9 Å². The van der Waals surface area contributed by atoms with Crippen molar-refractivity contribution in [2.45, 2.75) is 32.6 Å². The first-order valence-electron chi connectivity index (χ1n) is 8.41. The highest BCUT2D eigenvalue weighted by Gasteiger charge is 2.12. The monoisotopic (exact) mass is 440 g/mol. The van der Waals surface area contributed by atoms with Gasteiger partial charge in [0, 0.05) is 23.0 Å². The molecule has 0 atom stereocenters. The van der Waals surface area contributed by atoms with E-state index in [1.165, 1.54) is 0 Å². The summed E-state index contributed by atoms with van der Waals surface area (Å²) < 4.78 is 15.0. The van der Waals surface area contributed by atoms with E-state index < -0.39 is 23.9 Å². The third kappa shape index (κ3) is 10.3. The Labute approximate surface area is 165 Å². The molecule has 0 aliphatic heterocycles. The van der Waals surface area contributed by atoms with Crippen LogP contribution in [0.25, 0.3) is 0 Å². The Kier molecular flexibility index (Phi) is 10.7. The molecule has 0 bridgehead atoms. The van der Waals surface area contributed by atoms with E-state index in [1.807, 2.05) is 6.07 Å². The Hall–Kier alpha value is -2.48. The van der Waals surface area contributed by atoms with E-state index in [0.29, 0.717) is 12.8 Å². The van der Waals surface area contributed by atoms with E-state index in [2.05, 4.69) is 20.7 Å². The lowest BCUT2D eigenvalue weighted by Gasteiger charge is -2.05. The van der Waals surface area contributed by atoms with E-state index >= 15 is 0 Å². The fourth-order valence-electron chi connectivity index (χ4n) is 1.93. The number of hydrogen-bond donors (Lipinski definition) is 0. The first kappa shape index (κ1) is 22.6. The van der Waals surface area contributed by atoms with Crippen LogP contribution in [-0.4, -0.2) is 37.1 Å². The molecule has 0 aliphatic rings. The van der Waals surface area contributed by atoms with Crippen molar-refractivity contribution in [2.24, 2.45) is 0 Å². The van der Waals surface area contributed by atoms with Gasteiger partial charge in [0.25, 0.3) is 0 Å². The SMILES string of the molecule is CCOC(=O)C=CC(=O)OCCCCC(=O)OC(=O)Cc1ccccc1Br. The summed E-state index contributed by atoms with van der Waals surface area (Å²) in [6.45, 7) is 1.97. The van der Waals surface area contributed by atoms with Gasteiger partial charge in [-0.1, -0.05) is 34.1 Å². The maximum absolute atomic E-state index is 11.7. The fourth-order valence-corrected chi connectivity index (χ4v) is 2.36. The quantitative estimate of drug-likeness (QED) is 0.181. The first-order chi connectivity index (χ1) is 12.9. The minimum absolute atomic E-state index is 0.00240. The summed E-state index contributed by atoms with van der Waals surface area (Å²) in [5.74, 6) is -2.54. The summed E-state index contributed by atoms with van der Waals surface area (Å²) in [6, 6.07) is 7.18. The zero-order chi connectivity index (χ0) is 20.1. The van der Waals surface area contributed by atoms with Gasteiger partial charge in [-0.3, -0.25) is 9.59 Å². The van der Waals surface area contributed by atoms with Crippen molar-refractivity contribution in [2.75, 3.05) is 13.2 Å². The minimum Gasteiger partial charge on any atom is -0.463 e. The second-order valence-electron chi connectivity index (χ2n) is 5.32. The topological polar surface area (TPSA) is 96.0 Å². The van der Waals surface area contributed by atoms with Crippen molar-refractivity contribution in [1.29, 1.82) is 0 Å². The first-order valence-corrected chi connectivity index (χ1v) is 9.20. The molecule has 0 fully saturated rings. The van der Waals surface area contributed by atoms with E-state index in [9.17, 15) is 19.2 Å². The number of carbonyl (C=O) groups excluding carboxylic acids is 4. The van der Waals surface area contributed by atoms with Crippen molar-refractivity contribution in [3.05, 3.63) is 46.5 Å². The molecule has 0 radical (unpaired) electrons. The van der Waals surface area contributed by atoms with E-state index in [0.717, 1.165) is 22.2 Å². The Morgan fingerprint density at radius 2 is 1.63 bits per heavy atom. The van der Waals surface area contributed by atoms with E-state index in [1.54, 1.807) is 25.1 Å². The molecule has 146 valence electrons. The van der Waals surface area contributed by atoms with Crippen LogP contribution < -0.4 is 0 Å². The van der Waals surface area contributed by atoms with Gasteiger partial charge in [0.05, 0.1) is 19.6 Å². The second-order valence-corrected chi connectivity index (χ2v) is 6.18. The third-order valence-corrected chi connectivity index (χ3v) is 3.96. The maximum Gasteiger partial charge on any atom is 0.331 e. The van der Waals surface area contributed by atoms with Crippen LogP contribution in [0.3, 0.4) is 0 Å². The lowest BCUT2D eigenvalue weighted by Crippen LogP contribution is -2.14. The van der Waals surface area contributed by atoms with Crippen LogP contribution in [-0.2, 0) is 39.8 Å². The average molecular weight is 441 g/mol. The predicted molar refractivity (Wildman–Crippen MR) is 99.5 cm³/mol. The zero-order valence-corrected chi connectivity index (χ0v) is 16.5. The molecule has 0 heterocycles. The van der Waals surface area contributed by atoms with Crippen molar-refractivity contribution in [3.63, 3.8) is 0 Å². The van der Waals surface area contributed by atoms with Crippen LogP contribution in [0.1, 0.15) is 31.7 Å². The molecular weight excluding hydrogens is 420 g/mol. The molecule has 1 aromatic carbocycles. The molecule has 27 heavy (non-hydrogen) atoms. The standard InChI is InChI=1S/C19H21BrO7/c1-2-25-16(21)10-11-17(22)26-12-6-5-9-18(23)27-19(24)13-14-7-3-4-8-15(14)20/h3-4,7-8,10-11H,2,5-6,9,12-13H2,1H3. The fraction of sp³-hybridized carbons (Fsp3) is 0.368. The van der Waals surface area contributed by atoms with Crippen LogP contribution in [0.2, 0.25) is 0 Å². The number of unbranched alkanes of at least 4 members (excludes halogenated alkanes) is 1. The lowest BCUT2D eigenvalue weighted by atomic mass is 10.1. The van der Waals surface area contributed by atoms with Crippen LogP contribution in [0, 0.1) is 0 Å². The summed E-state index contributed by atoms with van der Waals surface area (Å²) in [5.41, 5.74) is 0.734. The number of hydrogen-bond acceptors (Lipinski definition) is 7. The molecule has 0 spiro atoms. The number of ether oxygens (including phenoxy) is 3. The smallest absolute Gasteiger partial charge is 0.331 e. The number of esters is 4. The number of benzene rings is 1. The summed E-state index contributed by atoms with van der Waals surface area (Å²) in [7, 11) is 0. The van der Waals surface area contributed by atoms with E-state index in [4.69, 9.17) is 9.47 Å². The molecule has 0 N–H and O–H groups in total. The summed E-state index contributed by atoms with van der Waals surface area (Å²) in [5, 5.41) is 0. The number of halogens is 1. The summed E-state index contributed by atoms with van der Waals surface area (Å²) in [4.78, 5) is 45.7. The molecule has 0 unspecified atom stereocenters. The van der Waals surface area contributed by atoms with Gasteiger partial charge in [0.15, 0.2) is 0 Å². The van der Waals surface area contributed by atoms with Gasteiger partial charge in [-0.05, 0) is 31.4 Å². The second kappa shape index (κ2) is 12.8. The maximum atomic E-state index is 11.7. The minimum atomic E-state index is -0.672. The molecule has 0 aromatic heterocycles. The van der Waals surface area contributed by atoms with Crippen molar-refractivity contribution in [1.82, 2.24) is 0 Å². The van der Waals surface area contributed by atoms with Gasteiger partial charge in [-0.15, -0.1) is 0 Å². The number of rotatable bonds is 10. The molecular formula is C19H21BrO7. The normalized spacial score (nSPS) is 10.4.